The molecule has 5 nitrogen and oxygen atoms in total. The van der Waals surface area contributed by atoms with Crippen LogP contribution in [0.3, 0.4) is 0 Å². The van der Waals surface area contributed by atoms with Crippen LogP contribution in [0.5, 0.6) is 0 Å². The van der Waals surface area contributed by atoms with E-state index in [2.05, 4.69) is 15.3 Å². The molecular weight excluding hydrogens is 302 g/mol. The number of hydrogen-bond acceptors (Lipinski definition) is 5. The van der Waals surface area contributed by atoms with Gasteiger partial charge in [-0.25, -0.2) is 9.97 Å². The Balaban J connectivity index is 1.72. The molecule has 0 spiro atoms. The molecule has 0 saturated heterocycles. The second kappa shape index (κ2) is 7.48. The summed E-state index contributed by atoms with van der Waals surface area (Å²) in [6.07, 6.45) is 1.64. The van der Waals surface area contributed by atoms with Gasteiger partial charge in [0.15, 0.2) is 0 Å². The van der Waals surface area contributed by atoms with Gasteiger partial charge in [0.2, 0.25) is 0 Å². The van der Waals surface area contributed by atoms with E-state index in [1.54, 1.807) is 18.2 Å². The lowest BCUT2D eigenvalue weighted by atomic mass is 10.1. The van der Waals surface area contributed by atoms with E-state index in [0.29, 0.717) is 23.6 Å². The maximum absolute atomic E-state index is 10.9. The number of hydrogen-bond donors (Lipinski definition) is 2. The van der Waals surface area contributed by atoms with Gasteiger partial charge in [0.05, 0.1) is 11.8 Å². The van der Waals surface area contributed by atoms with Crippen LogP contribution in [0.15, 0.2) is 67.0 Å². The summed E-state index contributed by atoms with van der Waals surface area (Å²) in [6.45, 7) is 0.342. The van der Waals surface area contributed by atoms with E-state index in [1.165, 1.54) is 6.33 Å². The summed E-state index contributed by atoms with van der Waals surface area (Å²) in [6, 6.07) is 18.5. The van der Waals surface area contributed by atoms with Crippen LogP contribution in [-0.2, 0) is 0 Å². The van der Waals surface area contributed by atoms with Crippen molar-refractivity contribution in [2.75, 3.05) is 11.9 Å². The van der Waals surface area contributed by atoms with Crippen molar-refractivity contribution >= 4 is 12.1 Å². The van der Waals surface area contributed by atoms with Crippen molar-refractivity contribution in [3.05, 3.63) is 78.1 Å². The molecule has 1 heterocycles. The highest BCUT2D eigenvalue weighted by atomic mass is 16.3. The molecule has 1 atom stereocenters. The number of nitrogens with zero attached hydrogens (tertiary/aromatic N) is 2. The molecule has 0 saturated carbocycles. The van der Waals surface area contributed by atoms with Crippen LogP contribution in [0.2, 0.25) is 0 Å². The minimum Gasteiger partial charge on any atom is -0.387 e. The standard InChI is InChI=1S/C19H17N3O2/c23-12-14-5-4-8-16(9-14)17-10-19(22-13-21-17)20-11-18(24)15-6-2-1-3-7-15/h1-10,12-13,18,24H,11H2,(H,20,21,22). The molecule has 24 heavy (non-hydrogen) atoms. The molecule has 3 rings (SSSR count). The summed E-state index contributed by atoms with van der Waals surface area (Å²) in [5.74, 6) is 0.617. The number of aldehydes is 1. The number of carbonyl (C=O) groups excluding carboxylic acids is 1. The Kier molecular flexibility index (Phi) is 4.93. The Morgan fingerprint density at radius 1 is 1.04 bits per heavy atom. The lowest BCUT2D eigenvalue weighted by molar-refractivity contribution is 0.112. The van der Waals surface area contributed by atoms with Crippen LogP contribution in [0.4, 0.5) is 5.82 Å². The quantitative estimate of drug-likeness (QED) is 0.683. The number of aliphatic hydroxyl groups is 1. The predicted molar refractivity (Wildman–Crippen MR) is 92.7 cm³/mol. The van der Waals surface area contributed by atoms with Crippen molar-refractivity contribution in [1.29, 1.82) is 0 Å². The van der Waals surface area contributed by atoms with Crippen molar-refractivity contribution in [3.63, 3.8) is 0 Å². The molecule has 0 radical (unpaired) electrons. The third-order valence-electron chi connectivity index (χ3n) is 3.65. The van der Waals surface area contributed by atoms with E-state index in [9.17, 15) is 9.90 Å². The molecule has 1 aromatic heterocycles. The molecule has 0 fully saturated rings. The molecule has 2 N–H and O–H groups in total. The van der Waals surface area contributed by atoms with Gasteiger partial charge < -0.3 is 10.4 Å². The number of carbonyl (C=O) groups is 1. The predicted octanol–water partition coefficient (Wildman–Crippen LogP) is 3.10. The minimum absolute atomic E-state index is 0.342. The molecular formula is C19H17N3O2. The Hall–Kier alpha value is -3.05. The van der Waals surface area contributed by atoms with E-state index >= 15 is 0 Å². The Morgan fingerprint density at radius 2 is 1.88 bits per heavy atom. The average Bonchev–Trinajstić information content (AvgIpc) is 2.67. The van der Waals surface area contributed by atoms with Crippen LogP contribution in [-0.4, -0.2) is 27.9 Å². The molecule has 120 valence electrons. The first-order valence-electron chi connectivity index (χ1n) is 7.61. The van der Waals surface area contributed by atoms with Gasteiger partial charge in [-0.15, -0.1) is 0 Å². The van der Waals surface area contributed by atoms with Gasteiger partial charge in [-0.1, -0.05) is 48.5 Å². The van der Waals surface area contributed by atoms with E-state index in [4.69, 9.17) is 0 Å². The molecule has 0 bridgehead atoms. The highest BCUT2D eigenvalue weighted by Crippen LogP contribution is 2.20. The largest absolute Gasteiger partial charge is 0.387 e. The number of benzene rings is 2. The zero-order chi connectivity index (χ0) is 16.8. The second-order valence-corrected chi connectivity index (χ2v) is 5.34. The number of rotatable bonds is 6. The van der Waals surface area contributed by atoms with Crippen molar-refractivity contribution in [3.8, 4) is 11.3 Å². The first kappa shape index (κ1) is 15.8. The minimum atomic E-state index is -0.622. The SMILES string of the molecule is O=Cc1cccc(-c2cc(NCC(O)c3ccccc3)ncn2)c1. The summed E-state index contributed by atoms with van der Waals surface area (Å²) < 4.78 is 0. The monoisotopic (exact) mass is 319 g/mol. The number of anilines is 1. The topological polar surface area (TPSA) is 75.1 Å². The van der Waals surface area contributed by atoms with Crippen molar-refractivity contribution < 1.29 is 9.90 Å². The number of nitrogens with one attached hydrogen (secondary N) is 1. The molecule has 0 amide bonds. The molecule has 3 aromatic rings. The fourth-order valence-corrected chi connectivity index (χ4v) is 2.38. The van der Waals surface area contributed by atoms with Gasteiger partial charge in [0.1, 0.15) is 18.4 Å². The van der Waals surface area contributed by atoms with Crippen molar-refractivity contribution in [1.82, 2.24) is 9.97 Å². The van der Waals surface area contributed by atoms with E-state index < -0.39 is 6.10 Å². The number of aliphatic hydroxyl groups excluding tert-OH is 1. The normalized spacial score (nSPS) is 11.7. The fourth-order valence-electron chi connectivity index (χ4n) is 2.38. The fraction of sp³-hybridized carbons (Fsp3) is 0.105. The second-order valence-electron chi connectivity index (χ2n) is 5.34. The van der Waals surface area contributed by atoms with Crippen LogP contribution in [0.25, 0.3) is 11.3 Å². The molecule has 2 aromatic carbocycles. The first-order chi connectivity index (χ1) is 11.8. The maximum Gasteiger partial charge on any atom is 0.150 e. The maximum atomic E-state index is 10.9. The zero-order valence-electron chi connectivity index (χ0n) is 13.0. The smallest absolute Gasteiger partial charge is 0.150 e. The average molecular weight is 319 g/mol. The van der Waals surface area contributed by atoms with Crippen LogP contribution >= 0.6 is 0 Å². The summed E-state index contributed by atoms with van der Waals surface area (Å²) >= 11 is 0. The molecule has 1 unspecified atom stereocenters. The lowest BCUT2D eigenvalue weighted by Crippen LogP contribution is -2.13. The van der Waals surface area contributed by atoms with E-state index in [-0.39, 0.29) is 0 Å². The van der Waals surface area contributed by atoms with Crippen LogP contribution < -0.4 is 5.32 Å². The highest BCUT2D eigenvalue weighted by molar-refractivity contribution is 5.78. The highest BCUT2D eigenvalue weighted by Gasteiger charge is 2.08. The van der Waals surface area contributed by atoms with Gasteiger partial charge in [-0.3, -0.25) is 4.79 Å². The summed E-state index contributed by atoms with van der Waals surface area (Å²) in [7, 11) is 0. The van der Waals surface area contributed by atoms with Crippen molar-refractivity contribution in [2.24, 2.45) is 0 Å². The lowest BCUT2D eigenvalue weighted by Gasteiger charge is -2.13. The van der Waals surface area contributed by atoms with Gasteiger partial charge in [0.25, 0.3) is 0 Å². The van der Waals surface area contributed by atoms with E-state index in [1.807, 2.05) is 42.5 Å². The zero-order valence-corrected chi connectivity index (χ0v) is 13.0. The van der Waals surface area contributed by atoms with Crippen LogP contribution in [0.1, 0.15) is 22.0 Å². The van der Waals surface area contributed by atoms with Crippen LogP contribution in [0, 0.1) is 0 Å². The summed E-state index contributed by atoms with van der Waals surface area (Å²) in [5, 5.41) is 13.3. The van der Waals surface area contributed by atoms with Crippen molar-refractivity contribution in [2.45, 2.75) is 6.10 Å². The Morgan fingerprint density at radius 3 is 2.67 bits per heavy atom. The Labute approximate surface area is 140 Å². The third kappa shape index (κ3) is 3.83. The summed E-state index contributed by atoms with van der Waals surface area (Å²) in [5.41, 5.74) is 3.00. The Bertz CT molecular complexity index is 822. The first-order valence-corrected chi connectivity index (χ1v) is 7.61. The molecule has 0 aliphatic carbocycles. The number of aromatic nitrogens is 2. The third-order valence-corrected chi connectivity index (χ3v) is 3.65. The molecule has 5 heteroatoms. The van der Waals surface area contributed by atoms with Gasteiger partial charge >= 0.3 is 0 Å². The van der Waals surface area contributed by atoms with Gasteiger partial charge in [0, 0.05) is 23.7 Å². The van der Waals surface area contributed by atoms with Gasteiger partial charge in [-0.2, -0.15) is 0 Å². The summed E-state index contributed by atoms with van der Waals surface area (Å²) in [4.78, 5) is 19.3. The molecule has 0 aliphatic heterocycles. The van der Waals surface area contributed by atoms with Gasteiger partial charge in [-0.05, 0) is 11.6 Å². The molecule has 0 aliphatic rings. The van der Waals surface area contributed by atoms with E-state index in [0.717, 1.165) is 17.4 Å².